The zero-order valence-electron chi connectivity index (χ0n) is 12.6. The molecule has 5 nitrogen and oxygen atoms in total. The van der Waals surface area contributed by atoms with E-state index in [9.17, 15) is 21.9 Å². The predicted octanol–water partition coefficient (Wildman–Crippen LogP) is 2.32. The number of halogens is 1. The summed E-state index contributed by atoms with van der Waals surface area (Å²) in [6, 6.07) is 15.0. The lowest BCUT2D eigenvalue weighted by atomic mass is 10.0. The summed E-state index contributed by atoms with van der Waals surface area (Å²) in [5, 5.41) is -1.40. The van der Waals surface area contributed by atoms with E-state index in [0.717, 1.165) is 4.90 Å². The number of nitrogens with zero attached hydrogens (tertiary/aromatic N) is 1. The van der Waals surface area contributed by atoms with Crippen LogP contribution in [0.1, 0.15) is 22.3 Å². The lowest BCUT2D eigenvalue weighted by Gasteiger charge is -2.19. The predicted molar refractivity (Wildman–Crippen MR) is 87.1 cm³/mol. The Labute approximate surface area is 138 Å². The number of amides is 1. The minimum atomic E-state index is -4.81. The zero-order valence-corrected chi connectivity index (χ0v) is 13.4. The van der Waals surface area contributed by atoms with E-state index in [1.165, 1.54) is 0 Å². The minimum absolute atomic E-state index is 0.272. The smallest absolute Gasteiger partial charge is 0.307 e. The molecule has 1 heterocycles. The molecule has 3 rings (SSSR count). The number of para-hydroxylation sites is 1. The van der Waals surface area contributed by atoms with Crippen molar-refractivity contribution in [1.29, 1.82) is 0 Å². The lowest BCUT2D eigenvalue weighted by molar-refractivity contribution is -0.117. The Morgan fingerprint density at radius 3 is 2.29 bits per heavy atom. The van der Waals surface area contributed by atoms with E-state index < -0.39 is 27.8 Å². The second kappa shape index (κ2) is 6.16. The van der Waals surface area contributed by atoms with Gasteiger partial charge in [-0.1, -0.05) is 42.5 Å². The average molecular weight is 347 g/mol. The summed E-state index contributed by atoms with van der Waals surface area (Å²) in [5.74, 6) is -0.805. The van der Waals surface area contributed by atoms with Crippen molar-refractivity contribution in [1.82, 2.24) is 0 Å². The third-order valence-electron chi connectivity index (χ3n) is 3.96. The van der Waals surface area contributed by atoms with Gasteiger partial charge >= 0.3 is 10.2 Å². The van der Waals surface area contributed by atoms with Crippen molar-refractivity contribution in [3.63, 3.8) is 0 Å². The maximum atomic E-state index is 13.2. The first kappa shape index (κ1) is 16.3. The molecule has 1 fully saturated rings. The van der Waals surface area contributed by atoms with Crippen LogP contribution in [0.3, 0.4) is 0 Å². The first-order valence-corrected chi connectivity index (χ1v) is 8.75. The Hall–Kier alpha value is -2.54. The number of carbonyl (C=O) groups is 2. The topological polar surface area (TPSA) is 71.5 Å². The van der Waals surface area contributed by atoms with Crippen LogP contribution < -0.4 is 4.90 Å². The normalized spacial score (nSPS) is 18.0. The van der Waals surface area contributed by atoms with Crippen LogP contribution in [0.25, 0.3) is 0 Å². The SMILES string of the molecule is O=C(c1ccccc1)c1ccccc1N1CC(S(=O)(=O)F)CC1=O. The molecule has 0 radical (unpaired) electrons. The molecule has 2 aromatic rings. The van der Waals surface area contributed by atoms with Gasteiger partial charge in [0.25, 0.3) is 0 Å². The van der Waals surface area contributed by atoms with Crippen molar-refractivity contribution >= 4 is 27.6 Å². The maximum absolute atomic E-state index is 13.2. The second-order valence-corrected chi connectivity index (χ2v) is 7.14. The van der Waals surface area contributed by atoms with Gasteiger partial charge in [0.15, 0.2) is 5.78 Å². The molecule has 0 spiro atoms. The second-order valence-electron chi connectivity index (χ2n) is 5.52. The molecule has 1 aliphatic heterocycles. The largest absolute Gasteiger partial charge is 0.310 e. The van der Waals surface area contributed by atoms with Crippen molar-refractivity contribution in [3.8, 4) is 0 Å². The van der Waals surface area contributed by atoms with Crippen LogP contribution >= 0.6 is 0 Å². The molecule has 1 saturated heterocycles. The molecule has 0 N–H and O–H groups in total. The summed E-state index contributed by atoms with van der Waals surface area (Å²) in [4.78, 5) is 26.0. The zero-order chi connectivity index (χ0) is 17.3. The van der Waals surface area contributed by atoms with E-state index in [1.54, 1.807) is 54.6 Å². The highest BCUT2D eigenvalue weighted by molar-refractivity contribution is 7.87. The third-order valence-corrected chi connectivity index (χ3v) is 5.08. The van der Waals surface area contributed by atoms with Gasteiger partial charge in [-0.15, -0.1) is 3.89 Å². The number of carbonyl (C=O) groups excluding carboxylic acids is 2. The van der Waals surface area contributed by atoms with Gasteiger partial charge in [0, 0.05) is 24.1 Å². The Kier molecular flexibility index (Phi) is 4.19. The molecule has 0 saturated carbocycles. The Bertz CT molecular complexity index is 896. The van der Waals surface area contributed by atoms with Gasteiger partial charge in [-0.3, -0.25) is 9.59 Å². The average Bonchev–Trinajstić information content (AvgIpc) is 2.97. The summed E-state index contributed by atoms with van der Waals surface area (Å²) in [6.07, 6.45) is -0.424. The summed E-state index contributed by atoms with van der Waals surface area (Å²) in [6.45, 7) is -0.295. The van der Waals surface area contributed by atoms with Crippen LogP contribution in [0, 0.1) is 0 Å². The third kappa shape index (κ3) is 3.07. The van der Waals surface area contributed by atoms with Crippen LogP contribution in [0.5, 0.6) is 0 Å². The fraction of sp³-hybridized carbons (Fsp3) is 0.176. The number of hydrogen-bond acceptors (Lipinski definition) is 4. The number of ketones is 1. The lowest BCUT2D eigenvalue weighted by Crippen LogP contribution is -2.28. The number of hydrogen-bond donors (Lipinski definition) is 0. The molecule has 1 atom stereocenters. The van der Waals surface area contributed by atoms with Gasteiger partial charge in [-0.05, 0) is 12.1 Å². The Balaban J connectivity index is 1.99. The summed E-state index contributed by atoms with van der Waals surface area (Å²) < 4.78 is 35.4. The minimum Gasteiger partial charge on any atom is -0.310 e. The fourth-order valence-electron chi connectivity index (χ4n) is 2.74. The van der Waals surface area contributed by atoms with E-state index >= 15 is 0 Å². The summed E-state index contributed by atoms with van der Waals surface area (Å²) >= 11 is 0. The molecule has 24 heavy (non-hydrogen) atoms. The molecule has 0 bridgehead atoms. The quantitative estimate of drug-likeness (QED) is 0.629. The molecule has 0 aliphatic carbocycles. The van der Waals surface area contributed by atoms with Crippen molar-refractivity contribution in [3.05, 3.63) is 65.7 Å². The monoisotopic (exact) mass is 347 g/mol. The molecular weight excluding hydrogens is 333 g/mol. The molecule has 1 aliphatic rings. The van der Waals surface area contributed by atoms with E-state index in [-0.39, 0.29) is 17.9 Å². The van der Waals surface area contributed by atoms with Gasteiger partial charge in [0.2, 0.25) is 5.91 Å². The highest BCUT2D eigenvalue weighted by atomic mass is 32.3. The Morgan fingerprint density at radius 1 is 1.04 bits per heavy atom. The van der Waals surface area contributed by atoms with Crippen molar-refractivity contribution in [2.45, 2.75) is 11.7 Å². The molecule has 0 aromatic heterocycles. The Morgan fingerprint density at radius 2 is 1.67 bits per heavy atom. The molecule has 1 amide bonds. The van der Waals surface area contributed by atoms with Crippen LogP contribution in [0.15, 0.2) is 54.6 Å². The first-order valence-electron chi connectivity index (χ1n) is 7.30. The fourth-order valence-corrected chi connectivity index (χ4v) is 3.41. The van der Waals surface area contributed by atoms with Gasteiger partial charge in [-0.25, -0.2) is 0 Å². The van der Waals surface area contributed by atoms with Gasteiger partial charge < -0.3 is 4.90 Å². The summed E-state index contributed by atoms with van der Waals surface area (Å²) in [5.41, 5.74) is 1.02. The maximum Gasteiger partial charge on any atom is 0.307 e. The number of anilines is 1. The van der Waals surface area contributed by atoms with E-state index in [2.05, 4.69) is 0 Å². The highest BCUT2D eigenvalue weighted by Gasteiger charge is 2.40. The molecule has 1 unspecified atom stereocenters. The van der Waals surface area contributed by atoms with Gasteiger partial charge in [0.05, 0.1) is 5.69 Å². The van der Waals surface area contributed by atoms with Crippen molar-refractivity contribution in [2.24, 2.45) is 0 Å². The standard InChI is InChI=1S/C17H14FNO4S/c18-24(22,23)13-10-16(20)19(11-13)15-9-5-4-8-14(15)17(21)12-6-2-1-3-7-12/h1-9,13H,10-11H2. The number of benzene rings is 2. The van der Waals surface area contributed by atoms with Crippen LogP contribution in [-0.4, -0.2) is 31.9 Å². The highest BCUT2D eigenvalue weighted by Crippen LogP contribution is 2.29. The van der Waals surface area contributed by atoms with Crippen molar-refractivity contribution in [2.75, 3.05) is 11.4 Å². The van der Waals surface area contributed by atoms with Gasteiger partial charge in [-0.2, -0.15) is 8.42 Å². The molecular formula is C17H14FNO4S. The van der Waals surface area contributed by atoms with E-state index in [0.29, 0.717) is 11.3 Å². The molecule has 2 aromatic carbocycles. The van der Waals surface area contributed by atoms with Crippen molar-refractivity contribution < 1.29 is 21.9 Å². The van der Waals surface area contributed by atoms with Gasteiger partial charge in [0.1, 0.15) is 5.25 Å². The number of rotatable bonds is 4. The molecule has 124 valence electrons. The summed E-state index contributed by atoms with van der Waals surface area (Å²) in [7, 11) is -4.81. The van der Waals surface area contributed by atoms with E-state index in [4.69, 9.17) is 0 Å². The van der Waals surface area contributed by atoms with Crippen LogP contribution in [0.4, 0.5) is 9.57 Å². The van der Waals surface area contributed by atoms with Crippen LogP contribution in [-0.2, 0) is 15.0 Å². The first-order chi connectivity index (χ1) is 11.4. The van der Waals surface area contributed by atoms with E-state index in [1.807, 2.05) is 0 Å². The van der Waals surface area contributed by atoms with Crippen LogP contribution in [0.2, 0.25) is 0 Å². The molecule has 7 heteroatoms.